The largest absolute Gasteiger partial charge is 0.497 e. The molecule has 0 aliphatic carbocycles. The van der Waals surface area contributed by atoms with E-state index in [4.69, 9.17) is 9.47 Å². The maximum atomic E-state index is 12.3. The first kappa shape index (κ1) is 19.2. The van der Waals surface area contributed by atoms with E-state index in [1.54, 1.807) is 31.4 Å². The minimum Gasteiger partial charge on any atom is -0.497 e. The summed E-state index contributed by atoms with van der Waals surface area (Å²) in [5.41, 5.74) is 1.55. The molecule has 0 atom stereocenters. The van der Waals surface area contributed by atoms with Crippen LogP contribution in [-0.4, -0.2) is 26.7 Å². The van der Waals surface area contributed by atoms with Crippen LogP contribution < -0.4 is 19.5 Å². The summed E-state index contributed by atoms with van der Waals surface area (Å²) < 4.78 is 39.1. The minimum atomic E-state index is -2.93. The van der Waals surface area contributed by atoms with Gasteiger partial charge >= 0.3 is 6.61 Å². The number of rotatable bonds is 8. The summed E-state index contributed by atoms with van der Waals surface area (Å²) in [6.45, 7) is -2.71. The molecule has 0 aliphatic rings. The maximum absolute atomic E-state index is 12.3. The highest BCUT2D eigenvalue weighted by molar-refractivity contribution is 5.91. The van der Waals surface area contributed by atoms with Crippen LogP contribution in [0.2, 0.25) is 0 Å². The topological polar surface area (TPSA) is 56.8 Å². The second-order valence-corrected chi connectivity index (χ2v) is 5.19. The predicted molar refractivity (Wildman–Crippen MR) is 93.5 cm³/mol. The van der Waals surface area contributed by atoms with Gasteiger partial charge in [0.15, 0.2) is 11.5 Å². The number of hydrogen-bond acceptors (Lipinski definition) is 4. The zero-order chi connectivity index (χ0) is 18.9. The fourth-order valence-corrected chi connectivity index (χ4v) is 2.15. The van der Waals surface area contributed by atoms with Gasteiger partial charge in [-0.05, 0) is 41.5 Å². The minimum absolute atomic E-state index is 0.0584. The lowest BCUT2D eigenvalue weighted by atomic mass is 10.2. The molecule has 7 heteroatoms. The van der Waals surface area contributed by atoms with Crippen LogP contribution in [0.15, 0.2) is 48.5 Å². The van der Waals surface area contributed by atoms with Crippen molar-refractivity contribution in [2.24, 2.45) is 0 Å². The SMILES string of the molecule is COc1ccc(/C=C/C(=O)NCc2ccc(OC(F)F)c(OC)c2)cc1. The number of alkyl halides is 2. The molecule has 0 unspecified atom stereocenters. The van der Waals surface area contributed by atoms with Gasteiger partial charge < -0.3 is 19.5 Å². The van der Waals surface area contributed by atoms with Crippen molar-refractivity contribution in [2.75, 3.05) is 14.2 Å². The Morgan fingerprint density at radius 1 is 1.08 bits per heavy atom. The average Bonchev–Trinajstić information content (AvgIpc) is 2.65. The third kappa shape index (κ3) is 5.77. The number of carbonyl (C=O) groups excluding carboxylic acids is 1. The molecular weight excluding hydrogens is 344 g/mol. The van der Waals surface area contributed by atoms with E-state index in [9.17, 15) is 13.6 Å². The van der Waals surface area contributed by atoms with Crippen LogP contribution in [0, 0.1) is 0 Å². The molecule has 0 aromatic heterocycles. The molecule has 1 N–H and O–H groups in total. The molecule has 0 fully saturated rings. The van der Waals surface area contributed by atoms with E-state index in [0.29, 0.717) is 5.56 Å². The Morgan fingerprint density at radius 2 is 1.81 bits per heavy atom. The highest BCUT2D eigenvalue weighted by Gasteiger charge is 2.11. The van der Waals surface area contributed by atoms with Crippen molar-refractivity contribution in [2.45, 2.75) is 13.2 Å². The Morgan fingerprint density at radius 3 is 2.42 bits per heavy atom. The highest BCUT2D eigenvalue weighted by Crippen LogP contribution is 2.29. The zero-order valence-electron chi connectivity index (χ0n) is 14.4. The molecule has 0 saturated carbocycles. The van der Waals surface area contributed by atoms with Gasteiger partial charge in [0.2, 0.25) is 5.91 Å². The molecule has 0 aliphatic heterocycles. The molecule has 26 heavy (non-hydrogen) atoms. The number of halogens is 2. The quantitative estimate of drug-likeness (QED) is 0.728. The van der Waals surface area contributed by atoms with Crippen LogP contribution >= 0.6 is 0 Å². The smallest absolute Gasteiger partial charge is 0.387 e. The van der Waals surface area contributed by atoms with Gasteiger partial charge in [-0.3, -0.25) is 4.79 Å². The average molecular weight is 363 g/mol. The van der Waals surface area contributed by atoms with Crippen molar-refractivity contribution < 1.29 is 27.8 Å². The molecule has 0 heterocycles. The van der Waals surface area contributed by atoms with Crippen molar-refractivity contribution in [1.29, 1.82) is 0 Å². The summed E-state index contributed by atoms with van der Waals surface area (Å²) in [4.78, 5) is 11.9. The summed E-state index contributed by atoms with van der Waals surface area (Å²) in [6, 6.07) is 11.7. The maximum Gasteiger partial charge on any atom is 0.387 e. The van der Waals surface area contributed by atoms with Gasteiger partial charge in [-0.25, -0.2) is 0 Å². The van der Waals surface area contributed by atoms with E-state index in [2.05, 4.69) is 10.1 Å². The molecule has 0 radical (unpaired) electrons. The number of nitrogens with one attached hydrogen (secondary N) is 1. The van der Waals surface area contributed by atoms with Crippen LogP contribution in [0.4, 0.5) is 8.78 Å². The van der Waals surface area contributed by atoms with Crippen molar-refractivity contribution in [3.8, 4) is 17.2 Å². The zero-order valence-corrected chi connectivity index (χ0v) is 14.4. The molecule has 1 amide bonds. The van der Waals surface area contributed by atoms with Crippen molar-refractivity contribution in [1.82, 2.24) is 5.32 Å². The second kappa shape index (κ2) is 9.41. The van der Waals surface area contributed by atoms with E-state index in [-0.39, 0.29) is 24.0 Å². The van der Waals surface area contributed by atoms with Gasteiger partial charge in [0.25, 0.3) is 0 Å². The fraction of sp³-hybridized carbons (Fsp3) is 0.211. The van der Waals surface area contributed by atoms with E-state index in [1.165, 1.54) is 25.3 Å². The lowest BCUT2D eigenvalue weighted by Gasteiger charge is -2.11. The first-order valence-electron chi connectivity index (χ1n) is 7.73. The summed E-state index contributed by atoms with van der Waals surface area (Å²) in [7, 11) is 2.94. The Bertz CT molecular complexity index is 761. The molecular formula is C19H19F2NO4. The number of hydrogen-bond donors (Lipinski definition) is 1. The second-order valence-electron chi connectivity index (χ2n) is 5.19. The first-order valence-corrected chi connectivity index (χ1v) is 7.73. The Balaban J connectivity index is 1.92. The van der Waals surface area contributed by atoms with Crippen LogP contribution in [0.25, 0.3) is 6.08 Å². The highest BCUT2D eigenvalue weighted by atomic mass is 19.3. The summed E-state index contributed by atoms with van der Waals surface area (Å²) in [6.07, 6.45) is 3.09. The third-order valence-corrected chi connectivity index (χ3v) is 3.45. The standard InChI is InChI=1S/C19H19F2NO4/c1-24-15-7-3-13(4-8-15)6-10-18(23)22-12-14-5-9-16(26-19(20)21)17(11-14)25-2/h3-11,19H,12H2,1-2H3,(H,22,23)/b10-6+. The molecule has 0 spiro atoms. The number of benzene rings is 2. The van der Waals surface area contributed by atoms with E-state index in [0.717, 1.165) is 11.3 Å². The monoisotopic (exact) mass is 363 g/mol. The Kier molecular flexibility index (Phi) is 6.96. The fourth-order valence-electron chi connectivity index (χ4n) is 2.15. The van der Waals surface area contributed by atoms with Gasteiger partial charge in [-0.15, -0.1) is 0 Å². The molecule has 2 aromatic carbocycles. The summed E-state index contributed by atoms with van der Waals surface area (Å²) >= 11 is 0. The van der Waals surface area contributed by atoms with Crippen LogP contribution in [0.5, 0.6) is 17.2 Å². The Labute approximate surface area is 150 Å². The van der Waals surface area contributed by atoms with E-state index >= 15 is 0 Å². The van der Waals surface area contributed by atoms with E-state index < -0.39 is 6.61 Å². The normalized spacial score (nSPS) is 10.8. The molecule has 0 saturated heterocycles. The number of ether oxygens (including phenoxy) is 3. The predicted octanol–water partition coefficient (Wildman–Crippen LogP) is 3.63. The molecule has 2 aromatic rings. The number of amides is 1. The molecule has 2 rings (SSSR count). The Hall–Kier alpha value is -3.09. The van der Waals surface area contributed by atoms with Crippen molar-refractivity contribution in [3.63, 3.8) is 0 Å². The molecule has 138 valence electrons. The van der Waals surface area contributed by atoms with Crippen molar-refractivity contribution in [3.05, 3.63) is 59.7 Å². The van der Waals surface area contributed by atoms with Crippen molar-refractivity contribution >= 4 is 12.0 Å². The molecule has 5 nitrogen and oxygen atoms in total. The molecule has 0 bridgehead atoms. The van der Waals surface area contributed by atoms with Gasteiger partial charge in [0, 0.05) is 12.6 Å². The van der Waals surface area contributed by atoms with Crippen LogP contribution in [0.1, 0.15) is 11.1 Å². The van der Waals surface area contributed by atoms with E-state index in [1.807, 2.05) is 12.1 Å². The third-order valence-electron chi connectivity index (χ3n) is 3.45. The van der Waals surface area contributed by atoms with Gasteiger partial charge in [0.1, 0.15) is 5.75 Å². The van der Waals surface area contributed by atoms with Gasteiger partial charge in [-0.1, -0.05) is 18.2 Å². The van der Waals surface area contributed by atoms with Gasteiger partial charge in [-0.2, -0.15) is 8.78 Å². The number of carbonyl (C=O) groups is 1. The summed E-state index contributed by atoms with van der Waals surface area (Å²) in [5.74, 6) is 0.565. The first-order chi connectivity index (χ1) is 12.5. The lowest BCUT2D eigenvalue weighted by Crippen LogP contribution is -2.20. The van der Waals surface area contributed by atoms with Gasteiger partial charge in [0.05, 0.1) is 14.2 Å². The van der Waals surface area contributed by atoms with Crippen LogP contribution in [-0.2, 0) is 11.3 Å². The number of methoxy groups -OCH3 is 2. The van der Waals surface area contributed by atoms with Crippen LogP contribution in [0.3, 0.4) is 0 Å². The lowest BCUT2D eigenvalue weighted by molar-refractivity contribution is -0.116. The summed E-state index contributed by atoms with van der Waals surface area (Å²) in [5, 5.41) is 2.71.